The summed E-state index contributed by atoms with van der Waals surface area (Å²) in [7, 11) is 0. The number of aromatic nitrogens is 3. The normalized spacial score (nSPS) is 14.6. The maximum Gasteiger partial charge on any atom is 0.490 e. The van der Waals surface area contributed by atoms with E-state index in [1.165, 1.54) is 12.0 Å². The van der Waals surface area contributed by atoms with Gasteiger partial charge in [0, 0.05) is 24.8 Å². The van der Waals surface area contributed by atoms with Crippen molar-refractivity contribution in [3.63, 3.8) is 0 Å². The zero-order valence-corrected chi connectivity index (χ0v) is 24.6. The molecule has 1 saturated heterocycles. The van der Waals surface area contributed by atoms with Crippen LogP contribution in [0.4, 0.5) is 38.0 Å². The fraction of sp³-hybridized carbons (Fsp3) is 0.464. The number of nitrogens with zero attached hydrogens (tertiary/aromatic N) is 4. The minimum atomic E-state index is -5.08. The van der Waals surface area contributed by atoms with Gasteiger partial charge in [0.15, 0.2) is 11.5 Å². The van der Waals surface area contributed by atoms with Crippen LogP contribution in [0.2, 0.25) is 0 Å². The van der Waals surface area contributed by atoms with Crippen LogP contribution in [-0.2, 0) is 15.0 Å². The average molecular weight is 652 g/mol. The van der Waals surface area contributed by atoms with Crippen molar-refractivity contribution in [3.8, 4) is 0 Å². The molecule has 1 aliphatic rings. The van der Waals surface area contributed by atoms with Crippen LogP contribution in [0.1, 0.15) is 62.4 Å². The number of fused-ring (bicyclic) bond motifs is 1. The summed E-state index contributed by atoms with van der Waals surface area (Å²) >= 11 is 0. The van der Waals surface area contributed by atoms with Gasteiger partial charge in [0.1, 0.15) is 5.82 Å². The highest BCUT2D eigenvalue weighted by Crippen LogP contribution is 2.26. The summed E-state index contributed by atoms with van der Waals surface area (Å²) in [6, 6.07) is 11.9. The number of carbonyl (C=O) groups is 3. The van der Waals surface area contributed by atoms with Gasteiger partial charge in [-0.05, 0) is 60.9 Å². The predicted octanol–water partition coefficient (Wildman–Crippen LogP) is 5.53. The molecule has 1 fully saturated rings. The van der Waals surface area contributed by atoms with Gasteiger partial charge in [0.2, 0.25) is 0 Å². The number of carbonyl (C=O) groups excluding carboxylic acids is 1. The average Bonchev–Trinajstić information content (AvgIpc) is 3.34. The lowest BCUT2D eigenvalue weighted by Crippen LogP contribution is -2.40. The van der Waals surface area contributed by atoms with E-state index < -0.39 is 18.8 Å². The fourth-order valence-electron chi connectivity index (χ4n) is 4.15. The second-order valence-electron chi connectivity index (χ2n) is 10.4. The maximum atomic E-state index is 12.7. The summed E-state index contributed by atoms with van der Waals surface area (Å²) in [6.07, 6.45) is 0.784. The summed E-state index contributed by atoms with van der Waals surface area (Å²) in [5, 5.41) is 31.0. The summed E-state index contributed by atoms with van der Waals surface area (Å²) < 4.78 is 62.4. The number of piperidine rings is 1. The van der Waals surface area contributed by atoms with Crippen LogP contribution in [0, 0.1) is 0 Å². The molecule has 0 bridgehead atoms. The highest BCUT2D eigenvalue weighted by Gasteiger charge is 2.38. The van der Waals surface area contributed by atoms with Crippen molar-refractivity contribution in [2.45, 2.75) is 70.8 Å². The molecule has 4 rings (SSSR count). The van der Waals surface area contributed by atoms with Gasteiger partial charge in [-0.2, -0.15) is 26.3 Å². The molecular weight excluding hydrogens is 616 g/mol. The Hall–Kier alpha value is -4.41. The van der Waals surface area contributed by atoms with E-state index in [9.17, 15) is 36.2 Å². The number of aliphatic hydroxyl groups is 1. The van der Waals surface area contributed by atoms with Gasteiger partial charge < -0.3 is 25.5 Å². The van der Waals surface area contributed by atoms with Crippen LogP contribution in [0.25, 0.3) is 5.65 Å². The number of carboxylic acid groups (broad SMARTS) is 2. The smallest absolute Gasteiger partial charge is 0.483 e. The lowest BCUT2D eigenvalue weighted by atomic mass is 9.87. The Kier molecular flexibility index (Phi) is 15.3. The number of amides is 1. The summed E-state index contributed by atoms with van der Waals surface area (Å²) in [6.45, 7) is 3.65. The van der Waals surface area contributed by atoms with Crippen molar-refractivity contribution < 1.29 is 56.0 Å². The molecule has 1 amide bonds. The topological polar surface area (TPSA) is 157 Å². The number of aliphatic carboxylic acids is 1. The van der Waals surface area contributed by atoms with Gasteiger partial charge >= 0.3 is 18.8 Å². The fourth-order valence-corrected chi connectivity index (χ4v) is 4.15. The molecule has 1 atom stereocenters. The molecule has 17 heteroatoms. The van der Waals surface area contributed by atoms with Gasteiger partial charge in [0.25, 0.3) is 12.4 Å². The molecule has 0 spiro atoms. The number of hydrogen-bond acceptors (Lipinski definition) is 7. The molecule has 45 heavy (non-hydrogen) atoms. The Bertz CT molecular complexity index is 1360. The third-order valence-electron chi connectivity index (χ3n) is 6.19. The van der Waals surface area contributed by atoms with E-state index in [1.54, 1.807) is 10.7 Å². The molecule has 0 saturated carbocycles. The largest absolute Gasteiger partial charge is 0.490 e. The molecule has 11 nitrogen and oxygen atoms in total. The van der Waals surface area contributed by atoms with Crippen molar-refractivity contribution in [2.75, 3.05) is 23.4 Å². The lowest BCUT2D eigenvalue weighted by molar-refractivity contribution is -0.192. The molecule has 0 radical (unpaired) electrons. The predicted molar refractivity (Wildman–Crippen MR) is 152 cm³/mol. The number of hydrogen-bond donors (Lipinski definition) is 4. The van der Waals surface area contributed by atoms with Crippen LogP contribution in [0.3, 0.4) is 0 Å². The van der Waals surface area contributed by atoms with Gasteiger partial charge in [-0.15, -0.1) is 5.10 Å². The molecule has 1 aliphatic heterocycles. The van der Waals surface area contributed by atoms with Crippen molar-refractivity contribution in [1.82, 2.24) is 14.6 Å². The number of aliphatic hydroxyl groups excluding tert-OH is 1. The third kappa shape index (κ3) is 13.4. The molecule has 2 aromatic heterocycles. The molecule has 1 unspecified atom stereocenters. The van der Waals surface area contributed by atoms with E-state index in [1.807, 2.05) is 36.4 Å². The molecular formula is C28H35F6N5O6. The Morgan fingerprint density at radius 1 is 1.07 bits per heavy atom. The molecule has 3 heterocycles. The molecule has 0 aliphatic carbocycles. The first-order valence-corrected chi connectivity index (χ1v) is 13.4. The second kappa shape index (κ2) is 17.8. The third-order valence-corrected chi connectivity index (χ3v) is 6.19. The van der Waals surface area contributed by atoms with Gasteiger partial charge in [0.05, 0.1) is 6.20 Å². The number of benzene rings is 1. The van der Waals surface area contributed by atoms with Crippen LogP contribution < -0.4 is 10.2 Å². The highest BCUT2D eigenvalue weighted by molar-refractivity contribution is 6.03. The molecule has 4 N–H and O–H groups in total. The monoisotopic (exact) mass is 651 g/mol. The van der Waals surface area contributed by atoms with Gasteiger partial charge in [-0.25, -0.2) is 14.3 Å². The Balaban J connectivity index is 0.000000609. The number of carboxylic acids is 1. The SMILES string of the molecule is CC(C)(C)c1ccc(C(=O)Nc2cn3nc(N4CCCCC4CCO)ccc3n2)cc1.FC(F)F.O=C(O)C(F)(F)F.O=CO. The highest BCUT2D eigenvalue weighted by atomic mass is 19.4. The Labute approximate surface area is 254 Å². The van der Waals surface area contributed by atoms with E-state index in [-0.39, 0.29) is 24.4 Å². The molecule has 3 aromatic rings. The first-order chi connectivity index (χ1) is 20.9. The maximum absolute atomic E-state index is 12.7. The van der Waals surface area contributed by atoms with E-state index in [0.717, 1.165) is 31.6 Å². The van der Waals surface area contributed by atoms with Crippen LogP contribution >= 0.6 is 0 Å². The zero-order valence-electron chi connectivity index (χ0n) is 24.6. The Morgan fingerprint density at radius 3 is 2.11 bits per heavy atom. The van der Waals surface area contributed by atoms with Crippen molar-refractivity contribution >= 4 is 35.6 Å². The van der Waals surface area contributed by atoms with Crippen molar-refractivity contribution in [2.24, 2.45) is 0 Å². The number of alkyl halides is 6. The van der Waals surface area contributed by atoms with Crippen LogP contribution in [0.15, 0.2) is 42.6 Å². The van der Waals surface area contributed by atoms with Crippen LogP contribution in [-0.4, -0.2) is 80.3 Å². The van der Waals surface area contributed by atoms with E-state index in [4.69, 9.17) is 24.9 Å². The van der Waals surface area contributed by atoms with Crippen LogP contribution in [0.5, 0.6) is 0 Å². The van der Waals surface area contributed by atoms with E-state index in [2.05, 4.69) is 36.0 Å². The van der Waals surface area contributed by atoms with E-state index >= 15 is 0 Å². The lowest BCUT2D eigenvalue weighted by Gasteiger charge is -2.36. The standard InChI is InChI=1S/C24H31N5O2.C2HF3O2.CHF3.CH2O2/c1-24(2,3)18-9-7-17(8-10-18)23(31)26-20-16-29-21(25-20)11-12-22(27-29)28-14-5-4-6-19(28)13-15-30;3-2(4,5)1(6)7;2-1(3)4;2-1-3/h7-12,16,19,30H,4-6,13-15H2,1-3H3,(H,26,31);(H,6,7);1H;1H,(H,2,3). The second-order valence-corrected chi connectivity index (χ2v) is 10.4. The summed E-state index contributed by atoms with van der Waals surface area (Å²) in [5.74, 6) is -1.60. The summed E-state index contributed by atoms with van der Waals surface area (Å²) in [4.78, 5) is 36.7. The first-order valence-electron chi connectivity index (χ1n) is 13.4. The number of rotatable bonds is 5. The number of anilines is 2. The molecule has 250 valence electrons. The number of halogens is 6. The zero-order chi connectivity index (χ0) is 34.4. The van der Waals surface area contributed by atoms with Gasteiger partial charge in [-0.1, -0.05) is 32.9 Å². The van der Waals surface area contributed by atoms with Crippen molar-refractivity contribution in [1.29, 1.82) is 0 Å². The summed E-state index contributed by atoms with van der Waals surface area (Å²) in [5.41, 5.74) is 2.51. The first kappa shape index (κ1) is 38.6. The quantitative estimate of drug-likeness (QED) is 0.206. The number of nitrogens with one attached hydrogen (secondary N) is 1. The van der Waals surface area contributed by atoms with Crippen molar-refractivity contribution in [3.05, 3.63) is 53.7 Å². The minimum Gasteiger partial charge on any atom is -0.483 e. The number of imidazole rings is 1. The minimum absolute atomic E-state index is 0.0462. The Morgan fingerprint density at radius 2 is 1.62 bits per heavy atom. The van der Waals surface area contributed by atoms with Gasteiger partial charge in [-0.3, -0.25) is 9.59 Å². The molecule has 1 aromatic carbocycles. The van der Waals surface area contributed by atoms with E-state index in [0.29, 0.717) is 23.1 Å².